The number of carbonyl (C=O) groups is 1. The quantitative estimate of drug-likeness (QED) is 0.748. The van der Waals surface area contributed by atoms with Gasteiger partial charge in [0.15, 0.2) is 0 Å². The zero-order chi connectivity index (χ0) is 16.3. The van der Waals surface area contributed by atoms with Gasteiger partial charge in [0.1, 0.15) is 12.4 Å². The summed E-state index contributed by atoms with van der Waals surface area (Å²) in [4.78, 5) is 14.4. The van der Waals surface area contributed by atoms with Gasteiger partial charge in [-0.1, -0.05) is 18.9 Å². The molecule has 1 saturated heterocycles. The predicted molar refractivity (Wildman–Crippen MR) is 92.0 cm³/mol. The van der Waals surface area contributed by atoms with Gasteiger partial charge in [-0.25, -0.2) is 0 Å². The Labute approximate surface area is 139 Å². The summed E-state index contributed by atoms with van der Waals surface area (Å²) in [6.45, 7) is 6.24. The molecule has 0 saturated carbocycles. The lowest BCUT2D eigenvalue weighted by Gasteiger charge is -2.19. The molecule has 23 heavy (non-hydrogen) atoms. The lowest BCUT2D eigenvalue weighted by atomic mass is 10.2. The number of hydrogen-bond donors (Lipinski definition) is 1. The zero-order valence-electron chi connectivity index (χ0n) is 14.1. The van der Waals surface area contributed by atoms with Gasteiger partial charge in [-0.2, -0.15) is 0 Å². The molecule has 5 heteroatoms. The van der Waals surface area contributed by atoms with Gasteiger partial charge in [0.25, 0.3) is 0 Å². The van der Waals surface area contributed by atoms with Crippen LogP contribution in [-0.4, -0.2) is 50.3 Å². The number of nitrogens with zero attached hydrogens (tertiary/aromatic N) is 1. The third-order valence-electron chi connectivity index (χ3n) is 3.88. The molecule has 1 aliphatic rings. The zero-order valence-corrected chi connectivity index (χ0v) is 14.1. The average molecular weight is 320 g/mol. The first-order valence-corrected chi connectivity index (χ1v) is 8.60. The Kier molecular flexibility index (Phi) is 7.90. The molecular weight excluding hydrogens is 292 g/mol. The summed E-state index contributed by atoms with van der Waals surface area (Å²) in [6, 6.07) is 7.51. The summed E-state index contributed by atoms with van der Waals surface area (Å²) in [6.07, 6.45) is 4.94. The average Bonchev–Trinajstić information content (AvgIpc) is 2.80. The highest BCUT2D eigenvalue weighted by molar-refractivity contribution is 5.92. The largest absolute Gasteiger partial charge is 0.491 e. The Balaban J connectivity index is 1.78. The van der Waals surface area contributed by atoms with E-state index in [4.69, 9.17) is 9.47 Å². The molecule has 0 spiro atoms. The number of hydrogen-bond acceptors (Lipinski definition) is 4. The second-order valence-corrected chi connectivity index (χ2v) is 5.81. The van der Waals surface area contributed by atoms with E-state index in [2.05, 4.69) is 10.2 Å². The van der Waals surface area contributed by atoms with Gasteiger partial charge in [-0.05, 0) is 45.0 Å². The molecular formula is C18H28N2O3. The van der Waals surface area contributed by atoms with Crippen LogP contribution in [0, 0.1) is 0 Å². The molecule has 0 aromatic heterocycles. The van der Waals surface area contributed by atoms with Crippen molar-refractivity contribution in [3.05, 3.63) is 24.3 Å². The number of ether oxygens (including phenoxy) is 2. The van der Waals surface area contributed by atoms with Gasteiger partial charge < -0.3 is 14.8 Å². The van der Waals surface area contributed by atoms with Crippen LogP contribution in [0.3, 0.4) is 0 Å². The van der Waals surface area contributed by atoms with Crippen LogP contribution in [0.4, 0.5) is 5.69 Å². The molecule has 1 N–H and O–H groups in total. The molecule has 0 atom stereocenters. The van der Waals surface area contributed by atoms with E-state index in [0.29, 0.717) is 26.4 Å². The molecule has 128 valence electrons. The van der Waals surface area contributed by atoms with Crippen molar-refractivity contribution in [3.63, 3.8) is 0 Å². The van der Waals surface area contributed by atoms with Crippen LogP contribution in [0.1, 0.15) is 32.6 Å². The highest BCUT2D eigenvalue weighted by Crippen LogP contribution is 2.17. The first-order valence-electron chi connectivity index (χ1n) is 8.60. The van der Waals surface area contributed by atoms with Crippen molar-refractivity contribution in [2.75, 3.05) is 44.8 Å². The van der Waals surface area contributed by atoms with Gasteiger partial charge in [0, 0.05) is 18.4 Å². The maximum absolute atomic E-state index is 12.2. The van der Waals surface area contributed by atoms with E-state index < -0.39 is 0 Å². The first-order chi connectivity index (χ1) is 11.3. The molecule has 1 heterocycles. The lowest BCUT2D eigenvalue weighted by Crippen LogP contribution is -2.33. The molecule has 5 nitrogen and oxygen atoms in total. The van der Waals surface area contributed by atoms with E-state index in [0.717, 1.165) is 24.5 Å². The summed E-state index contributed by atoms with van der Waals surface area (Å²) in [5.74, 6) is 0.788. The second-order valence-electron chi connectivity index (χ2n) is 5.81. The maximum Gasteiger partial charge on any atom is 0.238 e. The number of anilines is 1. The smallest absolute Gasteiger partial charge is 0.238 e. The molecule has 1 fully saturated rings. The molecule has 0 bridgehead atoms. The van der Waals surface area contributed by atoms with Gasteiger partial charge in [0.2, 0.25) is 5.91 Å². The monoisotopic (exact) mass is 320 g/mol. The van der Waals surface area contributed by atoms with Crippen LogP contribution in [-0.2, 0) is 9.53 Å². The van der Waals surface area contributed by atoms with Crippen molar-refractivity contribution in [1.29, 1.82) is 0 Å². The number of rotatable bonds is 8. The number of amides is 1. The number of likely N-dealkylation sites (tertiary alicyclic amines) is 1. The van der Waals surface area contributed by atoms with Crippen LogP contribution in [0.15, 0.2) is 24.3 Å². The van der Waals surface area contributed by atoms with Crippen LogP contribution in [0.5, 0.6) is 5.75 Å². The topological polar surface area (TPSA) is 50.8 Å². The van der Waals surface area contributed by atoms with E-state index in [1.807, 2.05) is 31.2 Å². The minimum absolute atomic E-state index is 0.0402. The molecule has 1 aliphatic heterocycles. The van der Waals surface area contributed by atoms with Crippen molar-refractivity contribution < 1.29 is 14.3 Å². The molecule has 1 aromatic rings. The van der Waals surface area contributed by atoms with Crippen LogP contribution < -0.4 is 10.1 Å². The normalized spacial score (nSPS) is 15.9. The van der Waals surface area contributed by atoms with Crippen LogP contribution in [0.25, 0.3) is 0 Å². The van der Waals surface area contributed by atoms with E-state index in [-0.39, 0.29) is 5.91 Å². The Bertz CT molecular complexity index is 471. The third-order valence-corrected chi connectivity index (χ3v) is 3.88. The van der Waals surface area contributed by atoms with Crippen molar-refractivity contribution >= 4 is 11.6 Å². The van der Waals surface area contributed by atoms with Crippen LogP contribution in [0.2, 0.25) is 0 Å². The standard InChI is InChI=1S/C18H28N2O3/c1-2-22-12-13-23-17-9-7-8-16(14-17)19-18(21)15-20-10-5-3-4-6-11-20/h7-9,14H,2-6,10-13,15H2,1H3,(H,19,21). The molecule has 0 radical (unpaired) electrons. The van der Waals surface area contributed by atoms with Crippen molar-refractivity contribution in [2.24, 2.45) is 0 Å². The minimum Gasteiger partial charge on any atom is -0.491 e. The van der Waals surface area contributed by atoms with Gasteiger partial charge in [0.05, 0.1) is 13.2 Å². The highest BCUT2D eigenvalue weighted by Gasteiger charge is 2.13. The highest BCUT2D eigenvalue weighted by atomic mass is 16.5. The maximum atomic E-state index is 12.2. The fraction of sp³-hybridized carbons (Fsp3) is 0.611. The number of carbonyl (C=O) groups excluding carboxylic acids is 1. The third kappa shape index (κ3) is 7.01. The SMILES string of the molecule is CCOCCOc1cccc(NC(=O)CN2CCCCCC2)c1. The van der Waals surface area contributed by atoms with Crippen molar-refractivity contribution in [1.82, 2.24) is 4.90 Å². The number of nitrogens with one attached hydrogen (secondary N) is 1. The summed E-state index contributed by atoms with van der Waals surface area (Å²) < 4.78 is 10.9. The Morgan fingerprint density at radius 2 is 1.96 bits per heavy atom. The number of benzene rings is 1. The first kappa shape index (κ1) is 17.8. The van der Waals surface area contributed by atoms with E-state index in [1.165, 1.54) is 25.7 Å². The van der Waals surface area contributed by atoms with Gasteiger partial charge in [-0.15, -0.1) is 0 Å². The summed E-state index contributed by atoms with van der Waals surface area (Å²) in [5.41, 5.74) is 0.777. The molecule has 1 amide bonds. The fourth-order valence-corrected chi connectivity index (χ4v) is 2.72. The summed E-state index contributed by atoms with van der Waals surface area (Å²) in [7, 11) is 0. The molecule has 0 aliphatic carbocycles. The van der Waals surface area contributed by atoms with E-state index >= 15 is 0 Å². The lowest BCUT2D eigenvalue weighted by molar-refractivity contribution is -0.117. The molecule has 0 unspecified atom stereocenters. The Morgan fingerprint density at radius 1 is 1.17 bits per heavy atom. The fourth-order valence-electron chi connectivity index (χ4n) is 2.72. The van der Waals surface area contributed by atoms with Gasteiger partial charge in [-0.3, -0.25) is 9.69 Å². The van der Waals surface area contributed by atoms with E-state index in [1.54, 1.807) is 0 Å². The Morgan fingerprint density at radius 3 is 2.70 bits per heavy atom. The predicted octanol–water partition coefficient (Wildman–Crippen LogP) is 2.92. The summed E-state index contributed by atoms with van der Waals surface area (Å²) in [5, 5.41) is 2.96. The molecule has 2 rings (SSSR count). The minimum atomic E-state index is 0.0402. The van der Waals surface area contributed by atoms with Crippen LogP contribution >= 0.6 is 0 Å². The summed E-state index contributed by atoms with van der Waals surface area (Å²) >= 11 is 0. The molecule has 1 aromatic carbocycles. The van der Waals surface area contributed by atoms with Gasteiger partial charge >= 0.3 is 0 Å². The second kappa shape index (κ2) is 10.2. The van der Waals surface area contributed by atoms with Crippen molar-refractivity contribution in [3.8, 4) is 5.75 Å². The van der Waals surface area contributed by atoms with E-state index in [9.17, 15) is 4.79 Å². The van der Waals surface area contributed by atoms with Crippen molar-refractivity contribution in [2.45, 2.75) is 32.6 Å². The Hall–Kier alpha value is -1.59.